The van der Waals surface area contributed by atoms with Crippen molar-refractivity contribution in [3.63, 3.8) is 0 Å². The molecule has 0 aromatic carbocycles. The van der Waals surface area contributed by atoms with Gasteiger partial charge in [-0.1, -0.05) is 12.2 Å². The summed E-state index contributed by atoms with van der Waals surface area (Å²) in [6.07, 6.45) is 7.76. The van der Waals surface area contributed by atoms with Crippen molar-refractivity contribution in [2.45, 2.75) is 31.2 Å². The fourth-order valence-electron chi connectivity index (χ4n) is 4.36. The Morgan fingerprint density at radius 3 is 2.76 bits per heavy atom. The average molecular weight is 289 g/mol. The predicted molar refractivity (Wildman–Crippen MR) is 74.1 cm³/mol. The van der Waals surface area contributed by atoms with Crippen LogP contribution in [0.5, 0.6) is 0 Å². The van der Waals surface area contributed by atoms with Gasteiger partial charge in [0, 0.05) is 12.5 Å². The van der Waals surface area contributed by atoms with E-state index in [-0.39, 0.29) is 17.7 Å². The Morgan fingerprint density at radius 1 is 1.29 bits per heavy atom. The summed E-state index contributed by atoms with van der Waals surface area (Å²) < 4.78 is 0. The third-order valence-electron chi connectivity index (χ3n) is 5.41. The van der Waals surface area contributed by atoms with Crippen LogP contribution in [0.3, 0.4) is 0 Å². The molecular weight excluding hydrogens is 270 g/mol. The number of nitrogens with zero attached hydrogens (tertiary/aromatic N) is 1. The zero-order valence-corrected chi connectivity index (χ0v) is 11.8. The van der Waals surface area contributed by atoms with Crippen LogP contribution >= 0.6 is 0 Å². The maximum Gasteiger partial charge on any atom is 0.322 e. The number of hydrogen-bond acceptors (Lipinski definition) is 3. The van der Waals surface area contributed by atoms with Crippen molar-refractivity contribution in [3.8, 4) is 0 Å². The van der Waals surface area contributed by atoms with Crippen LogP contribution in [-0.4, -0.2) is 41.4 Å². The second-order valence-electron chi connectivity index (χ2n) is 6.74. The van der Waals surface area contributed by atoms with E-state index < -0.39 is 11.6 Å². The summed E-state index contributed by atoms with van der Waals surface area (Å²) in [5, 5.41) is 5.02. The van der Waals surface area contributed by atoms with Crippen molar-refractivity contribution < 1.29 is 14.4 Å². The van der Waals surface area contributed by atoms with Crippen LogP contribution in [0.2, 0.25) is 0 Å². The smallest absolute Gasteiger partial charge is 0.322 e. The largest absolute Gasteiger partial charge is 0.340 e. The van der Waals surface area contributed by atoms with E-state index in [1.54, 1.807) is 4.90 Å². The molecule has 4 unspecified atom stereocenters. The summed E-state index contributed by atoms with van der Waals surface area (Å²) in [6.45, 7) is 0.988. The number of allylic oxidation sites excluding steroid dienone is 2. The molecule has 1 saturated carbocycles. The van der Waals surface area contributed by atoms with E-state index in [4.69, 9.17) is 0 Å². The van der Waals surface area contributed by atoms with Gasteiger partial charge in [0.15, 0.2) is 0 Å². The molecule has 0 radical (unpaired) electrons. The lowest BCUT2D eigenvalue weighted by molar-refractivity contribution is -0.140. The number of amides is 4. The van der Waals surface area contributed by atoms with E-state index in [0.29, 0.717) is 31.3 Å². The van der Waals surface area contributed by atoms with Crippen LogP contribution in [0.4, 0.5) is 4.79 Å². The number of hydrogen-bond donors (Lipinski definition) is 2. The number of nitrogens with one attached hydrogen (secondary N) is 2. The van der Waals surface area contributed by atoms with Gasteiger partial charge in [0.1, 0.15) is 5.54 Å². The second-order valence-corrected chi connectivity index (χ2v) is 6.74. The molecule has 2 saturated heterocycles. The summed E-state index contributed by atoms with van der Waals surface area (Å²) >= 11 is 0. The zero-order valence-electron chi connectivity index (χ0n) is 11.8. The Morgan fingerprint density at radius 2 is 2.14 bits per heavy atom. The Kier molecular flexibility index (Phi) is 2.65. The van der Waals surface area contributed by atoms with Crippen molar-refractivity contribution in [1.29, 1.82) is 0 Å². The lowest BCUT2D eigenvalue weighted by Gasteiger charge is -2.39. The number of carbonyl (C=O) groups is 3. The molecule has 2 bridgehead atoms. The molecular formula is C15H19N3O3. The molecule has 3 fully saturated rings. The molecule has 6 heteroatoms. The molecule has 2 aliphatic carbocycles. The number of imide groups is 1. The van der Waals surface area contributed by atoms with Crippen molar-refractivity contribution >= 4 is 17.8 Å². The molecule has 21 heavy (non-hydrogen) atoms. The molecule has 4 rings (SSSR count). The first-order valence-corrected chi connectivity index (χ1v) is 7.68. The number of urea groups is 1. The number of piperidine rings is 1. The van der Waals surface area contributed by atoms with E-state index in [0.717, 1.165) is 19.3 Å². The van der Waals surface area contributed by atoms with Crippen LogP contribution in [0.1, 0.15) is 25.7 Å². The highest BCUT2D eigenvalue weighted by molar-refractivity contribution is 6.07. The van der Waals surface area contributed by atoms with Crippen molar-refractivity contribution in [3.05, 3.63) is 12.2 Å². The molecule has 2 N–H and O–H groups in total. The maximum absolute atomic E-state index is 12.8. The fourth-order valence-corrected chi connectivity index (χ4v) is 4.36. The Bertz CT molecular complexity index is 558. The van der Waals surface area contributed by atoms with Gasteiger partial charge in [-0.05, 0) is 37.5 Å². The van der Waals surface area contributed by atoms with Gasteiger partial charge >= 0.3 is 6.03 Å². The van der Waals surface area contributed by atoms with Crippen LogP contribution in [0.15, 0.2) is 12.2 Å². The van der Waals surface area contributed by atoms with Crippen molar-refractivity contribution in [2.24, 2.45) is 17.8 Å². The summed E-state index contributed by atoms with van der Waals surface area (Å²) in [7, 11) is 0. The van der Waals surface area contributed by atoms with E-state index in [9.17, 15) is 14.4 Å². The molecule has 4 amide bonds. The topological polar surface area (TPSA) is 78.5 Å². The standard InChI is InChI=1S/C15H19N3O3/c19-12(11-7-9-2-3-10(11)6-9)18-5-1-4-15(8-18)13(20)16-14(21)17-15/h2-3,9-11H,1,4-8H2,(H2,16,17,20,21). The van der Waals surface area contributed by atoms with Gasteiger partial charge in [-0.15, -0.1) is 0 Å². The Hall–Kier alpha value is -1.85. The lowest BCUT2D eigenvalue weighted by atomic mass is 9.86. The highest BCUT2D eigenvalue weighted by Crippen LogP contribution is 2.44. The lowest BCUT2D eigenvalue weighted by Crippen LogP contribution is -2.60. The molecule has 0 aromatic heterocycles. The first kappa shape index (κ1) is 12.9. The molecule has 1 spiro atoms. The van der Waals surface area contributed by atoms with E-state index in [1.807, 2.05) is 0 Å². The molecule has 4 atom stereocenters. The predicted octanol–water partition coefficient (Wildman–Crippen LogP) is 0.399. The highest BCUT2D eigenvalue weighted by atomic mass is 16.2. The van der Waals surface area contributed by atoms with E-state index in [1.165, 1.54) is 0 Å². The summed E-state index contributed by atoms with van der Waals surface area (Å²) in [6, 6.07) is -0.447. The van der Waals surface area contributed by atoms with Crippen LogP contribution in [-0.2, 0) is 9.59 Å². The van der Waals surface area contributed by atoms with Gasteiger partial charge in [0.25, 0.3) is 5.91 Å². The Labute approximate surface area is 122 Å². The van der Waals surface area contributed by atoms with Gasteiger partial charge in [0.2, 0.25) is 5.91 Å². The second kappa shape index (κ2) is 4.32. The third kappa shape index (κ3) is 1.88. The maximum atomic E-state index is 12.8. The number of rotatable bonds is 1. The molecule has 0 aromatic rings. The fraction of sp³-hybridized carbons (Fsp3) is 0.667. The van der Waals surface area contributed by atoms with Crippen molar-refractivity contribution in [2.75, 3.05) is 13.1 Å². The van der Waals surface area contributed by atoms with E-state index in [2.05, 4.69) is 22.8 Å². The molecule has 6 nitrogen and oxygen atoms in total. The molecule has 2 heterocycles. The minimum Gasteiger partial charge on any atom is -0.340 e. The quantitative estimate of drug-likeness (QED) is 0.542. The van der Waals surface area contributed by atoms with Gasteiger partial charge < -0.3 is 10.2 Å². The summed E-state index contributed by atoms with van der Waals surface area (Å²) in [5.74, 6) is 0.845. The number of fused-ring (bicyclic) bond motifs is 2. The third-order valence-corrected chi connectivity index (χ3v) is 5.41. The minimum absolute atomic E-state index is 0.0651. The van der Waals surface area contributed by atoms with Crippen molar-refractivity contribution in [1.82, 2.24) is 15.5 Å². The first-order chi connectivity index (χ1) is 10.1. The van der Waals surface area contributed by atoms with Gasteiger partial charge in [-0.2, -0.15) is 0 Å². The van der Waals surface area contributed by atoms with Crippen LogP contribution < -0.4 is 10.6 Å². The monoisotopic (exact) mass is 289 g/mol. The first-order valence-electron chi connectivity index (χ1n) is 7.68. The number of carbonyl (C=O) groups excluding carboxylic acids is 3. The normalized spacial score (nSPS) is 40.8. The van der Waals surface area contributed by atoms with Crippen LogP contribution in [0.25, 0.3) is 0 Å². The molecule has 4 aliphatic rings. The van der Waals surface area contributed by atoms with Gasteiger partial charge in [-0.3, -0.25) is 14.9 Å². The molecule has 112 valence electrons. The highest BCUT2D eigenvalue weighted by Gasteiger charge is 2.51. The SMILES string of the molecule is O=C1NC(=O)C2(CCCN(C(=O)C3CC4C=CC3C4)C2)N1. The number of likely N-dealkylation sites (tertiary alicyclic amines) is 1. The van der Waals surface area contributed by atoms with Gasteiger partial charge in [0.05, 0.1) is 6.54 Å². The Balaban J connectivity index is 1.51. The zero-order chi connectivity index (χ0) is 14.6. The summed E-state index contributed by atoms with van der Waals surface area (Å²) in [4.78, 5) is 38.0. The molecule has 2 aliphatic heterocycles. The minimum atomic E-state index is -0.904. The average Bonchev–Trinajstić information content (AvgIpc) is 3.14. The summed E-state index contributed by atoms with van der Waals surface area (Å²) in [5.41, 5.74) is -0.904. The van der Waals surface area contributed by atoms with Gasteiger partial charge in [-0.25, -0.2) is 4.79 Å². The van der Waals surface area contributed by atoms with E-state index >= 15 is 0 Å². The van der Waals surface area contributed by atoms with Crippen LogP contribution in [0, 0.1) is 17.8 Å².